The van der Waals surface area contributed by atoms with Gasteiger partial charge in [0.1, 0.15) is 0 Å². The molecule has 0 saturated heterocycles. The molecule has 0 rings (SSSR count). The molecule has 0 saturated carbocycles. The predicted molar refractivity (Wildman–Crippen MR) is 45.8 cm³/mol. The van der Waals surface area contributed by atoms with E-state index in [1.807, 2.05) is 0 Å². The molecule has 0 fully saturated rings. The smallest absolute Gasteiger partial charge is 0.152 e. The highest BCUT2D eigenvalue weighted by atomic mass is 32.2. The minimum Gasteiger partial charge on any atom is -0.396 e. The molecule has 11 heavy (non-hydrogen) atoms. The van der Waals surface area contributed by atoms with Crippen molar-refractivity contribution in [3.63, 3.8) is 0 Å². The van der Waals surface area contributed by atoms with Crippen molar-refractivity contribution in [2.45, 2.75) is 32.1 Å². The molecule has 1 atom stereocenters. The highest BCUT2D eigenvalue weighted by Crippen LogP contribution is 2.02. The maximum atomic E-state index is 10.2. The Kier molecular flexibility index (Phi) is 8.22. The predicted octanol–water partition coefficient (Wildman–Crippen LogP) is 1.15. The fourth-order valence-corrected chi connectivity index (χ4v) is 1.32. The number of aliphatic hydroxyl groups excluding tert-OH is 1. The molecule has 0 aromatic heterocycles. The molecule has 2 N–H and O–H groups in total. The van der Waals surface area contributed by atoms with Crippen molar-refractivity contribution in [3.8, 4) is 0 Å². The Bertz CT molecular complexity index is 106. The second-order valence-electron chi connectivity index (χ2n) is 2.52. The highest BCUT2D eigenvalue weighted by molar-refractivity contribution is 7.79. The van der Waals surface area contributed by atoms with E-state index in [1.165, 1.54) is 0 Å². The molecular weight excluding hydrogens is 164 g/mol. The third-order valence-electron chi connectivity index (χ3n) is 1.48. The first-order valence-corrected chi connectivity index (χ1v) is 5.23. The van der Waals surface area contributed by atoms with Crippen LogP contribution in [0.4, 0.5) is 0 Å². The zero-order valence-corrected chi connectivity index (χ0v) is 7.48. The molecule has 0 amide bonds. The largest absolute Gasteiger partial charge is 0.396 e. The van der Waals surface area contributed by atoms with Crippen LogP contribution < -0.4 is 0 Å². The number of hydrogen-bond donors (Lipinski definition) is 2. The van der Waals surface area contributed by atoms with Gasteiger partial charge in [0, 0.05) is 12.4 Å². The van der Waals surface area contributed by atoms with Crippen LogP contribution in [0.2, 0.25) is 0 Å². The summed E-state index contributed by atoms with van der Waals surface area (Å²) in [6.07, 6.45) is 4.73. The van der Waals surface area contributed by atoms with Crippen molar-refractivity contribution in [1.82, 2.24) is 0 Å². The summed E-state index contributed by atoms with van der Waals surface area (Å²) in [6.45, 7) is 0.256. The number of unbranched alkanes of at least 4 members (excludes halogenated alkanes) is 4. The van der Waals surface area contributed by atoms with Gasteiger partial charge < -0.3 is 9.66 Å². The van der Waals surface area contributed by atoms with Gasteiger partial charge in [0.05, 0.1) is 0 Å². The van der Waals surface area contributed by atoms with Crippen LogP contribution in [0.25, 0.3) is 0 Å². The van der Waals surface area contributed by atoms with E-state index in [9.17, 15) is 4.21 Å². The van der Waals surface area contributed by atoms with Crippen LogP contribution in [0.1, 0.15) is 32.1 Å². The molecule has 4 heteroatoms. The molecule has 3 nitrogen and oxygen atoms in total. The van der Waals surface area contributed by atoms with Gasteiger partial charge in [-0.15, -0.1) is 0 Å². The monoisotopic (exact) mass is 180 g/mol. The van der Waals surface area contributed by atoms with Gasteiger partial charge in [0.25, 0.3) is 0 Å². The summed E-state index contributed by atoms with van der Waals surface area (Å²) in [5.74, 6) is 0.388. The average molecular weight is 180 g/mol. The SMILES string of the molecule is O=S(O)CCCCCCCO. The van der Waals surface area contributed by atoms with E-state index >= 15 is 0 Å². The molecule has 1 unspecified atom stereocenters. The average Bonchev–Trinajstić information content (AvgIpc) is 1.96. The van der Waals surface area contributed by atoms with Gasteiger partial charge in [-0.3, -0.25) is 0 Å². The van der Waals surface area contributed by atoms with Crippen molar-refractivity contribution in [2.75, 3.05) is 12.4 Å². The summed E-state index contributed by atoms with van der Waals surface area (Å²) in [4.78, 5) is 0. The Balaban J connectivity index is 2.85. The Morgan fingerprint density at radius 3 is 2.09 bits per heavy atom. The number of rotatable bonds is 7. The van der Waals surface area contributed by atoms with Crippen LogP contribution >= 0.6 is 0 Å². The van der Waals surface area contributed by atoms with Crippen LogP contribution in [-0.2, 0) is 11.1 Å². The minimum atomic E-state index is -1.62. The van der Waals surface area contributed by atoms with E-state index in [1.54, 1.807) is 0 Å². The van der Waals surface area contributed by atoms with Gasteiger partial charge in [-0.2, -0.15) is 0 Å². The number of aliphatic hydroxyl groups is 1. The van der Waals surface area contributed by atoms with E-state index in [-0.39, 0.29) is 6.61 Å². The Morgan fingerprint density at radius 2 is 1.55 bits per heavy atom. The summed E-state index contributed by atoms with van der Waals surface area (Å²) in [7, 11) is 0. The van der Waals surface area contributed by atoms with E-state index in [2.05, 4.69) is 0 Å². The van der Waals surface area contributed by atoms with Crippen LogP contribution in [0, 0.1) is 0 Å². The van der Waals surface area contributed by atoms with E-state index in [0.29, 0.717) is 5.75 Å². The van der Waals surface area contributed by atoms with Crippen LogP contribution in [0.15, 0.2) is 0 Å². The molecular formula is C7H16O3S. The number of hydrogen-bond acceptors (Lipinski definition) is 2. The fourth-order valence-electron chi connectivity index (χ4n) is 0.868. The summed E-state index contributed by atoms with van der Waals surface area (Å²) in [5.41, 5.74) is 0. The Hall–Kier alpha value is 0.0700. The summed E-state index contributed by atoms with van der Waals surface area (Å²) in [6, 6.07) is 0. The van der Waals surface area contributed by atoms with Crippen molar-refractivity contribution in [3.05, 3.63) is 0 Å². The normalized spacial score (nSPS) is 13.3. The molecule has 0 aliphatic heterocycles. The topological polar surface area (TPSA) is 57.5 Å². The molecule has 0 aromatic carbocycles. The Labute approximate surface area is 70.1 Å². The van der Waals surface area contributed by atoms with Crippen molar-refractivity contribution >= 4 is 11.1 Å². The second-order valence-corrected chi connectivity index (χ2v) is 3.57. The molecule has 0 radical (unpaired) electrons. The lowest BCUT2D eigenvalue weighted by molar-refractivity contribution is 0.282. The second kappa shape index (κ2) is 8.17. The van der Waals surface area contributed by atoms with Crippen molar-refractivity contribution in [1.29, 1.82) is 0 Å². The lowest BCUT2D eigenvalue weighted by Crippen LogP contribution is -1.94. The summed E-state index contributed by atoms with van der Waals surface area (Å²) < 4.78 is 18.5. The highest BCUT2D eigenvalue weighted by Gasteiger charge is 1.93. The first-order chi connectivity index (χ1) is 5.27. The van der Waals surface area contributed by atoms with Gasteiger partial charge in [0.15, 0.2) is 11.1 Å². The molecule has 0 aliphatic rings. The summed E-state index contributed by atoms with van der Waals surface area (Å²) in [5, 5.41) is 8.42. The van der Waals surface area contributed by atoms with Gasteiger partial charge in [-0.1, -0.05) is 19.3 Å². The molecule has 0 aromatic rings. The quantitative estimate of drug-likeness (QED) is 0.456. The minimum absolute atomic E-state index is 0.256. The van der Waals surface area contributed by atoms with Gasteiger partial charge >= 0.3 is 0 Å². The van der Waals surface area contributed by atoms with E-state index < -0.39 is 11.1 Å². The maximum absolute atomic E-state index is 10.2. The molecule has 0 heterocycles. The first-order valence-electron chi connectivity index (χ1n) is 3.95. The third kappa shape index (κ3) is 10.1. The molecule has 68 valence electrons. The van der Waals surface area contributed by atoms with E-state index in [4.69, 9.17) is 9.66 Å². The summed E-state index contributed by atoms with van der Waals surface area (Å²) >= 11 is -1.62. The fraction of sp³-hybridized carbons (Fsp3) is 1.00. The maximum Gasteiger partial charge on any atom is 0.152 e. The molecule has 0 aliphatic carbocycles. The van der Waals surface area contributed by atoms with Gasteiger partial charge in [0.2, 0.25) is 0 Å². The van der Waals surface area contributed by atoms with E-state index in [0.717, 1.165) is 32.1 Å². The zero-order chi connectivity index (χ0) is 8.53. The third-order valence-corrected chi connectivity index (χ3v) is 2.11. The molecule has 0 bridgehead atoms. The zero-order valence-electron chi connectivity index (χ0n) is 6.66. The van der Waals surface area contributed by atoms with Gasteiger partial charge in [-0.25, -0.2) is 4.21 Å². The lowest BCUT2D eigenvalue weighted by Gasteiger charge is -1.97. The standard InChI is InChI=1S/C7H16O3S/c8-6-4-2-1-3-5-7-11(9)10/h8H,1-7H2,(H,9,10). The molecule has 0 spiro atoms. The lowest BCUT2D eigenvalue weighted by atomic mass is 10.2. The Morgan fingerprint density at radius 1 is 1.00 bits per heavy atom. The van der Waals surface area contributed by atoms with Gasteiger partial charge in [-0.05, 0) is 12.8 Å². The van der Waals surface area contributed by atoms with Crippen molar-refractivity contribution < 1.29 is 13.9 Å². The van der Waals surface area contributed by atoms with Crippen molar-refractivity contribution in [2.24, 2.45) is 0 Å². The first kappa shape index (κ1) is 11.1. The van der Waals surface area contributed by atoms with Crippen LogP contribution in [-0.4, -0.2) is 26.2 Å². The van der Waals surface area contributed by atoms with Crippen LogP contribution in [0.3, 0.4) is 0 Å². The van der Waals surface area contributed by atoms with Crippen LogP contribution in [0.5, 0.6) is 0 Å².